The normalized spacial score (nSPS) is 14.9. The van der Waals surface area contributed by atoms with Crippen LogP contribution in [0.15, 0.2) is 36.4 Å². The number of nitrogens with two attached hydrogens (primary N) is 1. The van der Waals surface area contributed by atoms with Crippen LogP contribution in [0.25, 0.3) is 0 Å². The second-order valence-corrected chi connectivity index (χ2v) is 5.24. The molecule has 0 spiro atoms. The average Bonchev–Trinajstić information content (AvgIpc) is 2.93. The Kier molecular flexibility index (Phi) is 3.47. The van der Waals surface area contributed by atoms with Gasteiger partial charge in [0.25, 0.3) is 0 Å². The number of methoxy groups -OCH3 is 1. The predicted octanol–water partition coefficient (Wildman–Crippen LogP) is 3.08. The Balaban J connectivity index is 2.00. The van der Waals surface area contributed by atoms with E-state index in [2.05, 4.69) is 31.2 Å². The van der Waals surface area contributed by atoms with E-state index >= 15 is 0 Å². The molecule has 1 heterocycles. The van der Waals surface area contributed by atoms with Crippen molar-refractivity contribution in [2.45, 2.75) is 26.2 Å². The Hall–Kier alpha value is -1.84. The lowest BCUT2D eigenvalue weighted by molar-refractivity contribution is 0.134. The molecule has 1 aliphatic rings. The SMILES string of the molecule is COc1ccc(C)cc1C(N)c1ccc2c(c1)COC2. The molecule has 2 N–H and O–H groups in total. The summed E-state index contributed by atoms with van der Waals surface area (Å²) in [6, 6.07) is 12.3. The molecule has 1 atom stereocenters. The lowest BCUT2D eigenvalue weighted by Crippen LogP contribution is -2.13. The van der Waals surface area contributed by atoms with Crippen molar-refractivity contribution in [2.75, 3.05) is 7.11 Å². The van der Waals surface area contributed by atoms with Gasteiger partial charge in [0.15, 0.2) is 0 Å². The van der Waals surface area contributed by atoms with Crippen molar-refractivity contribution in [1.29, 1.82) is 0 Å². The summed E-state index contributed by atoms with van der Waals surface area (Å²) in [5.74, 6) is 0.833. The third-order valence-electron chi connectivity index (χ3n) is 3.82. The van der Waals surface area contributed by atoms with Crippen LogP contribution >= 0.6 is 0 Å². The largest absolute Gasteiger partial charge is 0.496 e. The molecule has 3 rings (SSSR count). The molecule has 0 aliphatic carbocycles. The fraction of sp³-hybridized carbons (Fsp3) is 0.294. The molecule has 0 aromatic heterocycles. The minimum atomic E-state index is -0.184. The number of fused-ring (bicyclic) bond motifs is 1. The first-order valence-electron chi connectivity index (χ1n) is 6.78. The summed E-state index contributed by atoms with van der Waals surface area (Å²) in [5.41, 5.74) is 12.2. The molecule has 0 radical (unpaired) electrons. The van der Waals surface area contributed by atoms with Crippen molar-refractivity contribution in [2.24, 2.45) is 5.73 Å². The van der Waals surface area contributed by atoms with Crippen LogP contribution in [0.1, 0.15) is 33.9 Å². The van der Waals surface area contributed by atoms with E-state index in [4.69, 9.17) is 15.2 Å². The molecule has 1 aliphatic heterocycles. The Morgan fingerprint density at radius 3 is 2.70 bits per heavy atom. The van der Waals surface area contributed by atoms with Gasteiger partial charge in [0.2, 0.25) is 0 Å². The van der Waals surface area contributed by atoms with E-state index in [0.717, 1.165) is 16.9 Å². The van der Waals surface area contributed by atoms with E-state index in [1.165, 1.54) is 16.7 Å². The third kappa shape index (κ3) is 2.30. The number of benzene rings is 2. The molecule has 3 heteroatoms. The Labute approximate surface area is 119 Å². The second kappa shape index (κ2) is 5.27. The Bertz CT molecular complexity index is 637. The lowest BCUT2D eigenvalue weighted by Gasteiger charge is -2.17. The van der Waals surface area contributed by atoms with Gasteiger partial charge in [-0.15, -0.1) is 0 Å². The third-order valence-corrected chi connectivity index (χ3v) is 3.82. The van der Waals surface area contributed by atoms with Gasteiger partial charge in [0.05, 0.1) is 26.4 Å². The second-order valence-electron chi connectivity index (χ2n) is 5.24. The number of rotatable bonds is 3. The zero-order chi connectivity index (χ0) is 14.1. The van der Waals surface area contributed by atoms with Crippen LogP contribution < -0.4 is 10.5 Å². The van der Waals surface area contributed by atoms with Crippen LogP contribution in [0.2, 0.25) is 0 Å². The monoisotopic (exact) mass is 269 g/mol. The molecule has 3 nitrogen and oxygen atoms in total. The van der Waals surface area contributed by atoms with E-state index in [1.807, 2.05) is 12.1 Å². The van der Waals surface area contributed by atoms with Crippen LogP contribution in [-0.4, -0.2) is 7.11 Å². The van der Waals surface area contributed by atoms with Crippen molar-refractivity contribution >= 4 is 0 Å². The summed E-state index contributed by atoms with van der Waals surface area (Å²) >= 11 is 0. The highest BCUT2D eigenvalue weighted by Gasteiger charge is 2.17. The molecule has 2 aromatic carbocycles. The molecule has 20 heavy (non-hydrogen) atoms. The van der Waals surface area contributed by atoms with E-state index in [-0.39, 0.29) is 6.04 Å². The summed E-state index contributed by atoms with van der Waals surface area (Å²) in [5, 5.41) is 0. The molecular formula is C17H19NO2. The first-order chi connectivity index (χ1) is 9.69. The summed E-state index contributed by atoms with van der Waals surface area (Å²) in [6.07, 6.45) is 0. The Morgan fingerprint density at radius 2 is 1.90 bits per heavy atom. The van der Waals surface area contributed by atoms with Gasteiger partial charge in [-0.25, -0.2) is 0 Å². The zero-order valence-electron chi connectivity index (χ0n) is 11.8. The van der Waals surface area contributed by atoms with Gasteiger partial charge < -0.3 is 15.2 Å². The molecule has 0 bridgehead atoms. The van der Waals surface area contributed by atoms with E-state index in [0.29, 0.717) is 13.2 Å². The molecule has 104 valence electrons. The highest BCUT2D eigenvalue weighted by molar-refractivity contribution is 5.45. The number of hydrogen-bond acceptors (Lipinski definition) is 3. The minimum absolute atomic E-state index is 0.184. The smallest absolute Gasteiger partial charge is 0.123 e. The fourth-order valence-corrected chi connectivity index (χ4v) is 2.66. The molecule has 1 unspecified atom stereocenters. The van der Waals surface area contributed by atoms with Gasteiger partial charge in [-0.3, -0.25) is 0 Å². The van der Waals surface area contributed by atoms with Crippen molar-refractivity contribution in [3.63, 3.8) is 0 Å². The van der Waals surface area contributed by atoms with Crippen LogP contribution in [0.4, 0.5) is 0 Å². The zero-order valence-corrected chi connectivity index (χ0v) is 11.8. The first kappa shape index (κ1) is 13.2. The predicted molar refractivity (Wildman–Crippen MR) is 78.7 cm³/mol. The molecule has 0 saturated heterocycles. The highest BCUT2D eigenvalue weighted by Crippen LogP contribution is 2.31. The van der Waals surface area contributed by atoms with E-state index < -0.39 is 0 Å². The first-order valence-corrected chi connectivity index (χ1v) is 6.78. The van der Waals surface area contributed by atoms with Crippen LogP contribution in [0, 0.1) is 6.92 Å². The van der Waals surface area contributed by atoms with Gasteiger partial charge in [-0.05, 0) is 29.7 Å². The Morgan fingerprint density at radius 1 is 1.10 bits per heavy atom. The van der Waals surface area contributed by atoms with Gasteiger partial charge in [-0.2, -0.15) is 0 Å². The molecule has 0 fully saturated rings. The maximum Gasteiger partial charge on any atom is 0.123 e. The summed E-state index contributed by atoms with van der Waals surface area (Å²) in [4.78, 5) is 0. The standard InChI is InChI=1S/C17H19NO2/c1-11-3-6-16(19-2)15(7-11)17(18)12-4-5-13-9-20-10-14(13)8-12/h3-8,17H,9-10,18H2,1-2H3. The fourth-order valence-electron chi connectivity index (χ4n) is 2.66. The molecule has 0 saturated carbocycles. The topological polar surface area (TPSA) is 44.5 Å². The van der Waals surface area contributed by atoms with Gasteiger partial charge in [-0.1, -0.05) is 35.9 Å². The summed E-state index contributed by atoms with van der Waals surface area (Å²) < 4.78 is 10.9. The van der Waals surface area contributed by atoms with Crippen molar-refractivity contribution < 1.29 is 9.47 Å². The van der Waals surface area contributed by atoms with Gasteiger partial charge >= 0.3 is 0 Å². The van der Waals surface area contributed by atoms with Crippen molar-refractivity contribution in [3.8, 4) is 5.75 Å². The molecule has 0 amide bonds. The lowest BCUT2D eigenvalue weighted by atomic mass is 9.95. The van der Waals surface area contributed by atoms with Crippen LogP contribution in [0.3, 0.4) is 0 Å². The highest BCUT2D eigenvalue weighted by atomic mass is 16.5. The van der Waals surface area contributed by atoms with Crippen LogP contribution in [0.5, 0.6) is 5.75 Å². The van der Waals surface area contributed by atoms with Gasteiger partial charge in [0, 0.05) is 5.56 Å². The molecule has 2 aromatic rings. The van der Waals surface area contributed by atoms with Crippen LogP contribution in [-0.2, 0) is 18.0 Å². The quantitative estimate of drug-likeness (QED) is 0.931. The number of aryl methyl sites for hydroxylation is 1. The summed E-state index contributed by atoms with van der Waals surface area (Å²) in [7, 11) is 1.68. The maximum absolute atomic E-state index is 6.43. The summed E-state index contributed by atoms with van der Waals surface area (Å²) in [6.45, 7) is 3.45. The van der Waals surface area contributed by atoms with Crippen molar-refractivity contribution in [1.82, 2.24) is 0 Å². The number of ether oxygens (including phenoxy) is 2. The van der Waals surface area contributed by atoms with E-state index in [1.54, 1.807) is 7.11 Å². The van der Waals surface area contributed by atoms with Crippen molar-refractivity contribution in [3.05, 3.63) is 64.2 Å². The minimum Gasteiger partial charge on any atom is -0.496 e. The average molecular weight is 269 g/mol. The maximum atomic E-state index is 6.43. The van der Waals surface area contributed by atoms with Gasteiger partial charge in [0.1, 0.15) is 5.75 Å². The molecular weight excluding hydrogens is 250 g/mol. The van der Waals surface area contributed by atoms with E-state index in [9.17, 15) is 0 Å². The number of hydrogen-bond donors (Lipinski definition) is 1.